The third-order valence-electron chi connectivity index (χ3n) is 9.86. The normalized spacial score (nSPS) is 20.8. The van der Waals surface area contributed by atoms with Gasteiger partial charge in [-0.2, -0.15) is 0 Å². The molecule has 0 spiro atoms. The van der Waals surface area contributed by atoms with Crippen LogP contribution in [0.2, 0.25) is 0 Å². The number of hydrogen-bond acceptors (Lipinski definition) is 10. The largest absolute Gasteiger partial charge is 0.479 e. The van der Waals surface area contributed by atoms with Gasteiger partial charge in [0.2, 0.25) is 0 Å². The van der Waals surface area contributed by atoms with E-state index in [1.165, 1.54) is 89.9 Å². The first-order valence-electron chi connectivity index (χ1n) is 21.2. The van der Waals surface area contributed by atoms with Crippen LogP contribution in [0.25, 0.3) is 0 Å². The van der Waals surface area contributed by atoms with Gasteiger partial charge in [0.15, 0.2) is 18.5 Å². The third kappa shape index (κ3) is 25.6. The van der Waals surface area contributed by atoms with E-state index in [0.29, 0.717) is 12.8 Å². The van der Waals surface area contributed by atoms with E-state index in [9.17, 15) is 34.8 Å². The molecule has 1 saturated heterocycles. The highest BCUT2D eigenvalue weighted by Gasteiger charge is 2.47. The minimum atomic E-state index is -1.86. The van der Waals surface area contributed by atoms with E-state index in [1.807, 2.05) is 0 Å². The van der Waals surface area contributed by atoms with Crippen molar-refractivity contribution in [3.63, 3.8) is 0 Å². The van der Waals surface area contributed by atoms with Crippen LogP contribution < -0.4 is 0 Å². The highest BCUT2D eigenvalue weighted by atomic mass is 16.7. The number of carbonyl (C=O) groups excluding carboxylic acids is 2. The van der Waals surface area contributed by atoms with Gasteiger partial charge in [0, 0.05) is 12.8 Å². The Labute approximate surface area is 320 Å². The number of carboxylic acid groups (broad SMARTS) is 1. The molecule has 1 heterocycles. The number of rotatable bonds is 35. The zero-order valence-corrected chi connectivity index (χ0v) is 33.3. The molecular weight excluding hydrogens is 680 g/mol. The van der Waals surface area contributed by atoms with Crippen molar-refractivity contribution >= 4 is 17.9 Å². The first-order chi connectivity index (χ1) is 25.7. The molecule has 11 nitrogen and oxygen atoms in total. The number of esters is 2. The lowest BCUT2D eigenvalue weighted by molar-refractivity contribution is -0.298. The Hall–Kier alpha value is -2.05. The van der Waals surface area contributed by atoms with Gasteiger partial charge in [0.1, 0.15) is 24.9 Å². The molecule has 0 aromatic heterocycles. The maximum atomic E-state index is 12.7. The fourth-order valence-corrected chi connectivity index (χ4v) is 6.46. The quantitative estimate of drug-likeness (QED) is 0.0278. The fraction of sp³-hybridized carbons (Fsp3) is 0.881. The molecular formula is C42H76O11. The molecule has 1 fully saturated rings. The topological polar surface area (TPSA) is 169 Å². The predicted octanol–water partition coefficient (Wildman–Crippen LogP) is 8.48. The lowest BCUT2D eigenvalue weighted by atomic mass is 9.99. The Kier molecular flexibility index (Phi) is 30.8. The van der Waals surface area contributed by atoms with Crippen molar-refractivity contribution in [3.8, 4) is 0 Å². The summed E-state index contributed by atoms with van der Waals surface area (Å²) in [7, 11) is 0. The van der Waals surface area contributed by atoms with E-state index in [4.69, 9.17) is 18.9 Å². The number of carbonyl (C=O) groups is 3. The average Bonchev–Trinajstić information content (AvgIpc) is 3.14. The van der Waals surface area contributed by atoms with Gasteiger partial charge in [-0.05, 0) is 38.5 Å². The van der Waals surface area contributed by atoms with Crippen molar-refractivity contribution in [1.29, 1.82) is 0 Å². The van der Waals surface area contributed by atoms with Crippen molar-refractivity contribution in [2.24, 2.45) is 0 Å². The Balaban J connectivity index is 2.40. The number of unbranched alkanes of at least 4 members (excludes halogenated alkanes) is 22. The summed E-state index contributed by atoms with van der Waals surface area (Å²) in [6.45, 7) is 3.79. The first kappa shape index (κ1) is 49.0. The summed E-state index contributed by atoms with van der Waals surface area (Å²) >= 11 is 0. The van der Waals surface area contributed by atoms with Gasteiger partial charge in [-0.3, -0.25) is 9.59 Å². The molecule has 1 aliphatic heterocycles. The highest BCUT2D eigenvalue weighted by molar-refractivity contribution is 5.73. The number of aliphatic hydroxyl groups is 3. The highest BCUT2D eigenvalue weighted by Crippen LogP contribution is 2.23. The van der Waals surface area contributed by atoms with E-state index in [1.54, 1.807) is 0 Å². The maximum Gasteiger partial charge on any atom is 0.335 e. The lowest BCUT2D eigenvalue weighted by Crippen LogP contribution is -2.60. The number of hydrogen-bond donors (Lipinski definition) is 4. The molecule has 0 aliphatic carbocycles. The molecule has 310 valence electrons. The Morgan fingerprint density at radius 1 is 0.566 bits per heavy atom. The Bertz CT molecular complexity index is 942. The van der Waals surface area contributed by atoms with Crippen LogP contribution in [0.3, 0.4) is 0 Å². The van der Waals surface area contributed by atoms with Crippen molar-refractivity contribution in [1.82, 2.24) is 0 Å². The molecule has 0 bridgehead atoms. The van der Waals surface area contributed by atoms with E-state index in [0.717, 1.165) is 57.8 Å². The summed E-state index contributed by atoms with van der Waals surface area (Å²) in [6, 6.07) is 0. The van der Waals surface area contributed by atoms with Gasteiger partial charge in [0.05, 0.1) is 6.61 Å². The standard InChI is InChI=1S/C42H76O11/c1-3-5-7-9-11-13-15-17-18-19-21-22-24-26-28-30-35(43)50-32-34(33-51-42-39(47)37(45)38(46)40(53-42)41(48)49)52-36(44)31-29-27-25-23-20-16-14-12-10-8-6-4-2/h17-18,34,37-40,42,45-47H,3-16,19-33H2,1-2H3,(H,48,49)/b18-17-. The zero-order valence-electron chi connectivity index (χ0n) is 33.3. The molecule has 53 heavy (non-hydrogen) atoms. The zero-order chi connectivity index (χ0) is 38.9. The molecule has 6 unspecified atom stereocenters. The van der Waals surface area contributed by atoms with Crippen molar-refractivity contribution in [2.45, 2.75) is 224 Å². The molecule has 0 saturated carbocycles. The van der Waals surface area contributed by atoms with E-state index in [2.05, 4.69) is 26.0 Å². The number of ether oxygens (including phenoxy) is 4. The summed E-state index contributed by atoms with van der Waals surface area (Å²) in [5.41, 5.74) is 0. The Morgan fingerprint density at radius 3 is 1.47 bits per heavy atom. The molecule has 11 heteroatoms. The molecule has 6 atom stereocenters. The van der Waals surface area contributed by atoms with Crippen molar-refractivity contribution < 1.29 is 53.8 Å². The number of carboxylic acids is 1. The molecule has 0 radical (unpaired) electrons. The van der Waals surface area contributed by atoms with Crippen LogP contribution in [0.1, 0.15) is 187 Å². The summed E-state index contributed by atoms with van der Waals surface area (Å²) < 4.78 is 21.7. The van der Waals surface area contributed by atoms with Crippen LogP contribution in [0.5, 0.6) is 0 Å². The number of aliphatic hydroxyl groups excluding tert-OH is 3. The third-order valence-corrected chi connectivity index (χ3v) is 9.86. The first-order valence-corrected chi connectivity index (χ1v) is 21.2. The second-order valence-corrected chi connectivity index (χ2v) is 14.8. The molecule has 0 aromatic carbocycles. The van der Waals surface area contributed by atoms with Crippen LogP contribution in [-0.4, -0.2) is 88.4 Å². The maximum absolute atomic E-state index is 12.7. The van der Waals surface area contributed by atoms with Gasteiger partial charge in [-0.15, -0.1) is 0 Å². The van der Waals surface area contributed by atoms with Gasteiger partial charge in [-0.25, -0.2) is 4.79 Å². The second kappa shape index (κ2) is 33.3. The SMILES string of the molecule is CCCCCCCC/C=C\CCCCCCCC(=O)OCC(COC1OC(C(=O)O)C(O)C(O)C1O)OC(=O)CCCCCCCCCCCCCC. The summed E-state index contributed by atoms with van der Waals surface area (Å²) in [4.78, 5) is 36.7. The summed E-state index contributed by atoms with van der Waals surface area (Å²) in [5.74, 6) is -2.45. The average molecular weight is 757 g/mol. The van der Waals surface area contributed by atoms with Crippen molar-refractivity contribution in [3.05, 3.63) is 12.2 Å². The van der Waals surface area contributed by atoms with E-state index < -0.39 is 54.7 Å². The number of aliphatic carboxylic acids is 1. The molecule has 1 rings (SSSR count). The van der Waals surface area contributed by atoms with Crippen LogP contribution in [0, 0.1) is 0 Å². The molecule has 0 amide bonds. The van der Waals surface area contributed by atoms with Gasteiger partial charge >= 0.3 is 17.9 Å². The molecule has 1 aliphatic rings. The monoisotopic (exact) mass is 757 g/mol. The van der Waals surface area contributed by atoms with Crippen LogP contribution in [-0.2, 0) is 33.3 Å². The molecule has 4 N–H and O–H groups in total. The molecule has 0 aromatic rings. The van der Waals surface area contributed by atoms with Crippen LogP contribution >= 0.6 is 0 Å². The minimum absolute atomic E-state index is 0.186. The predicted molar refractivity (Wildman–Crippen MR) is 206 cm³/mol. The smallest absolute Gasteiger partial charge is 0.335 e. The van der Waals surface area contributed by atoms with Crippen LogP contribution in [0.4, 0.5) is 0 Å². The van der Waals surface area contributed by atoms with E-state index >= 15 is 0 Å². The number of allylic oxidation sites excluding steroid dienone is 2. The van der Waals surface area contributed by atoms with Crippen molar-refractivity contribution in [2.75, 3.05) is 13.2 Å². The minimum Gasteiger partial charge on any atom is -0.479 e. The summed E-state index contributed by atoms with van der Waals surface area (Å²) in [5, 5.41) is 39.7. The lowest BCUT2D eigenvalue weighted by Gasteiger charge is -2.38. The Morgan fingerprint density at radius 2 is 1.00 bits per heavy atom. The van der Waals surface area contributed by atoms with Gasteiger partial charge in [-0.1, -0.05) is 148 Å². The second-order valence-electron chi connectivity index (χ2n) is 14.8. The van der Waals surface area contributed by atoms with Crippen LogP contribution in [0.15, 0.2) is 12.2 Å². The van der Waals surface area contributed by atoms with Gasteiger partial charge in [0.25, 0.3) is 0 Å². The summed E-state index contributed by atoms with van der Waals surface area (Å²) in [6.07, 6.45) is 24.1. The fourth-order valence-electron chi connectivity index (χ4n) is 6.46. The van der Waals surface area contributed by atoms with Gasteiger partial charge < -0.3 is 39.4 Å². The van der Waals surface area contributed by atoms with E-state index in [-0.39, 0.29) is 26.1 Å².